The van der Waals surface area contributed by atoms with E-state index in [1.807, 2.05) is 11.8 Å². The van der Waals surface area contributed by atoms with Crippen molar-refractivity contribution in [1.29, 1.82) is 0 Å². The van der Waals surface area contributed by atoms with Crippen LogP contribution < -0.4 is 0 Å². The minimum atomic E-state index is -0.0310. The summed E-state index contributed by atoms with van der Waals surface area (Å²) in [6.45, 7) is 2.25. The van der Waals surface area contributed by atoms with Crippen molar-refractivity contribution in [3.8, 4) is 0 Å². The number of hydrogen-bond acceptors (Lipinski definition) is 2. The van der Waals surface area contributed by atoms with Gasteiger partial charge in [-0.05, 0) is 25.0 Å². The molecule has 1 saturated heterocycles. The fourth-order valence-corrected chi connectivity index (χ4v) is 3.75. The van der Waals surface area contributed by atoms with Gasteiger partial charge in [-0.1, -0.05) is 51.9 Å². The molecule has 0 aromatic rings. The second kappa shape index (κ2) is 9.35. The van der Waals surface area contributed by atoms with E-state index in [1.165, 1.54) is 63.5 Å². The van der Waals surface area contributed by atoms with Crippen LogP contribution in [-0.2, 0) is 0 Å². The van der Waals surface area contributed by atoms with E-state index in [4.69, 9.17) is 0 Å². The van der Waals surface area contributed by atoms with Crippen molar-refractivity contribution >= 4 is 11.8 Å². The smallest absolute Gasteiger partial charge is 0.0658 e. The molecule has 1 rings (SSSR count). The lowest BCUT2D eigenvalue weighted by Gasteiger charge is -2.26. The summed E-state index contributed by atoms with van der Waals surface area (Å²) in [6, 6.07) is 0. The molecule has 0 aromatic heterocycles. The summed E-state index contributed by atoms with van der Waals surface area (Å²) in [5.74, 6) is 1.26. The van der Waals surface area contributed by atoms with Crippen molar-refractivity contribution in [3.05, 3.63) is 0 Å². The molecule has 1 N–H and O–H groups in total. The Morgan fingerprint density at radius 1 is 1.12 bits per heavy atom. The van der Waals surface area contributed by atoms with Gasteiger partial charge in [0.1, 0.15) is 0 Å². The van der Waals surface area contributed by atoms with E-state index in [-0.39, 0.29) is 6.10 Å². The van der Waals surface area contributed by atoms with E-state index in [2.05, 4.69) is 6.92 Å². The molecular formula is C14H28OS. The quantitative estimate of drug-likeness (QED) is 0.639. The summed E-state index contributed by atoms with van der Waals surface area (Å²) < 4.78 is 0. The van der Waals surface area contributed by atoms with Gasteiger partial charge in [-0.25, -0.2) is 0 Å². The summed E-state index contributed by atoms with van der Waals surface area (Å²) in [5, 5.41) is 10.6. The average molecular weight is 244 g/mol. The van der Waals surface area contributed by atoms with E-state index in [1.54, 1.807) is 0 Å². The van der Waals surface area contributed by atoms with Gasteiger partial charge in [0.15, 0.2) is 0 Å². The zero-order valence-electron chi connectivity index (χ0n) is 10.8. The Labute approximate surface area is 105 Å². The molecule has 0 radical (unpaired) electrons. The molecule has 1 aliphatic rings. The topological polar surface area (TPSA) is 20.2 Å². The SMILES string of the molecule is CCCCCCCCC(O)C1CCCCS1. The lowest BCUT2D eigenvalue weighted by atomic mass is 10.0. The van der Waals surface area contributed by atoms with Crippen LogP contribution in [0, 0.1) is 0 Å². The molecule has 16 heavy (non-hydrogen) atoms. The molecule has 2 unspecified atom stereocenters. The number of aliphatic hydroxyl groups is 1. The number of thioether (sulfide) groups is 1. The summed E-state index contributed by atoms with van der Waals surface area (Å²) in [5.41, 5.74) is 0. The highest BCUT2D eigenvalue weighted by Crippen LogP contribution is 2.29. The highest BCUT2D eigenvalue weighted by Gasteiger charge is 2.21. The van der Waals surface area contributed by atoms with Crippen LogP contribution in [0.1, 0.15) is 71.1 Å². The Morgan fingerprint density at radius 2 is 1.88 bits per heavy atom. The van der Waals surface area contributed by atoms with E-state index in [9.17, 15) is 5.11 Å². The normalized spacial score (nSPS) is 23.2. The van der Waals surface area contributed by atoms with Gasteiger partial charge in [0.05, 0.1) is 6.10 Å². The number of rotatable bonds is 8. The van der Waals surface area contributed by atoms with E-state index < -0.39 is 0 Å². The summed E-state index contributed by atoms with van der Waals surface area (Å²) in [7, 11) is 0. The zero-order valence-corrected chi connectivity index (χ0v) is 11.6. The first-order valence-corrected chi connectivity index (χ1v) is 8.19. The predicted octanol–water partition coefficient (Wildman–Crippen LogP) is 4.38. The van der Waals surface area contributed by atoms with Gasteiger partial charge in [0.25, 0.3) is 0 Å². The van der Waals surface area contributed by atoms with Crippen molar-refractivity contribution < 1.29 is 5.11 Å². The molecule has 0 saturated carbocycles. The Kier molecular flexibility index (Phi) is 8.40. The van der Waals surface area contributed by atoms with E-state index in [0.717, 1.165) is 6.42 Å². The van der Waals surface area contributed by atoms with Crippen LogP contribution in [0.5, 0.6) is 0 Å². The molecule has 0 spiro atoms. The Hall–Kier alpha value is 0.310. The number of hydrogen-bond donors (Lipinski definition) is 1. The van der Waals surface area contributed by atoms with Crippen LogP contribution in [0.15, 0.2) is 0 Å². The van der Waals surface area contributed by atoms with Crippen LogP contribution >= 0.6 is 11.8 Å². The third-order valence-corrected chi connectivity index (χ3v) is 5.00. The largest absolute Gasteiger partial charge is 0.392 e. The van der Waals surface area contributed by atoms with Gasteiger partial charge in [-0.2, -0.15) is 11.8 Å². The van der Waals surface area contributed by atoms with Gasteiger partial charge < -0.3 is 5.11 Å². The molecule has 1 aliphatic heterocycles. The maximum atomic E-state index is 10.1. The van der Waals surface area contributed by atoms with Crippen LogP contribution in [0.2, 0.25) is 0 Å². The van der Waals surface area contributed by atoms with Crippen LogP contribution in [0.3, 0.4) is 0 Å². The third-order valence-electron chi connectivity index (χ3n) is 3.50. The molecule has 0 bridgehead atoms. The Balaban J connectivity index is 1.94. The average Bonchev–Trinajstić information content (AvgIpc) is 2.34. The van der Waals surface area contributed by atoms with Crippen molar-refractivity contribution in [3.63, 3.8) is 0 Å². The fourth-order valence-electron chi connectivity index (χ4n) is 2.39. The summed E-state index contributed by atoms with van der Waals surface area (Å²) in [4.78, 5) is 0. The molecule has 0 aromatic carbocycles. The highest BCUT2D eigenvalue weighted by atomic mass is 32.2. The fraction of sp³-hybridized carbons (Fsp3) is 1.00. The van der Waals surface area contributed by atoms with Crippen LogP contribution in [0.4, 0.5) is 0 Å². The lowest BCUT2D eigenvalue weighted by Crippen LogP contribution is -2.25. The molecule has 0 amide bonds. The minimum Gasteiger partial charge on any atom is -0.392 e. The molecule has 96 valence electrons. The number of unbranched alkanes of at least 4 members (excludes halogenated alkanes) is 5. The van der Waals surface area contributed by atoms with Crippen LogP contribution in [-0.4, -0.2) is 22.2 Å². The van der Waals surface area contributed by atoms with Crippen molar-refractivity contribution in [2.45, 2.75) is 82.5 Å². The Bertz CT molecular complexity index is 155. The Morgan fingerprint density at radius 3 is 2.56 bits per heavy atom. The van der Waals surface area contributed by atoms with Crippen LogP contribution in [0.25, 0.3) is 0 Å². The molecule has 1 fully saturated rings. The second-order valence-corrected chi connectivity index (χ2v) is 6.38. The van der Waals surface area contributed by atoms with Gasteiger partial charge in [0.2, 0.25) is 0 Å². The van der Waals surface area contributed by atoms with Gasteiger partial charge in [-0.3, -0.25) is 0 Å². The van der Waals surface area contributed by atoms with Gasteiger partial charge >= 0.3 is 0 Å². The monoisotopic (exact) mass is 244 g/mol. The first-order valence-electron chi connectivity index (χ1n) is 7.14. The van der Waals surface area contributed by atoms with Crippen molar-refractivity contribution in [1.82, 2.24) is 0 Å². The van der Waals surface area contributed by atoms with E-state index in [0.29, 0.717) is 5.25 Å². The lowest BCUT2D eigenvalue weighted by molar-refractivity contribution is 0.152. The van der Waals surface area contributed by atoms with Gasteiger partial charge in [0, 0.05) is 5.25 Å². The van der Waals surface area contributed by atoms with Crippen molar-refractivity contribution in [2.24, 2.45) is 0 Å². The maximum Gasteiger partial charge on any atom is 0.0658 e. The molecule has 0 aliphatic carbocycles. The number of aliphatic hydroxyl groups excluding tert-OH is 1. The molecule has 1 heterocycles. The van der Waals surface area contributed by atoms with Gasteiger partial charge in [-0.15, -0.1) is 0 Å². The molecule has 2 heteroatoms. The zero-order chi connectivity index (χ0) is 11.6. The standard InChI is InChI=1S/C14H28OS/c1-2-3-4-5-6-7-10-13(15)14-11-8-9-12-16-14/h13-15H,2-12H2,1H3. The first kappa shape index (κ1) is 14.4. The minimum absolute atomic E-state index is 0.0310. The summed E-state index contributed by atoms with van der Waals surface area (Å²) in [6.07, 6.45) is 12.9. The highest BCUT2D eigenvalue weighted by molar-refractivity contribution is 8.00. The molecule has 1 nitrogen and oxygen atoms in total. The molecule has 2 atom stereocenters. The second-order valence-electron chi connectivity index (χ2n) is 5.03. The third kappa shape index (κ3) is 6.15. The van der Waals surface area contributed by atoms with E-state index >= 15 is 0 Å². The first-order chi connectivity index (χ1) is 7.84. The maximum absolute atomic E-state index is 10.1. The molecular weight excluding hydrogens is 216 g/mol. The van der Waals surface area contributed by atoms with Crippen molar-refractivity contribution in [2.75, 3.05) is 5.75 Å². The summed E-state index contributed by atoms with van der Waals surface area (Å²) >= 11 is 1.99. The predicted molar refractivity (Wildman–Crippen MR) is 74.1 cm³/mol.